The molecule has 12 heteroatoms. The lowest BCUT2D eigenvalue weighted by Gasteiger charge is -2.28. The van der Waals surface area contributed by atoms with Crippen molar-refractivity contribution in [2.24, 2.45) is 5.92 Å². The first-order chi connectivity index (χ1) is 18.4. The summed E-state index contributed by atoms with van der Waals surface area (Å²) in [6.07, 6.45) is 6.96. The standard InChI is InChI=1S/C26H37N9O3/c1-17(2)21-15-29-35-23(21)31-26(38-20-8-11-33(3)12-9-20)32-25(35)28-13-18-6-7-22(34(37)16-18)30-24(36)19-5-4-10-27-14-19/h6-7,15-17,19-20,27H,4-5,8-14H2,1-3H3,(H,30,36)(H,28,31,32). The van der Waals surface area contributed by atoms with Gasteiger partial charge in [-0.05, 0) is 51.3 Å². The second-order valence-corrected chi connectivity index (χ2v) is 10.6. The quantitative estimate of drug-likeness (QED) is 0.299. The molecule has 0 aliphatic carbocycles. The largest absolute Gasteiger partial charge is 0.711 e. The zero-order valence-electron chi connectivity index (χ0n) is 22.3. The van der Waals surface area contributed by atoms with E-state index in [0.717, 1.165) is 56.4 Å². The van der Waals surface area contributed by atoms with Gasteiger partial charge in [-0.2, -0.15) is 19.6 Å². The molecule has 3 N–H and O–H groups in total. The maximum Gasteiger partial charge on any atom is 0.322 e. The van der Waals surface area contributed by atoms with Crippen LogP contribution in [0, 0.1) is 11.1 Å². The van der Waals surface area contributed by atoms with Gasteiger partial charge in [0.1, 0.15) is 6.10 Å². The van der Waals surface area contributed by atoms with Gasteiger partial charge >= 0.3 is 11.9 Å². The molecule has 12 nitrogen and oxygen atoms in total. The minimum Gasteiger partial charge on any atom is -0.711 e. The van der Waals surface area contributed by atoms with Crippen LogP contribution in [0.1, 0.15) is 56.6 Å². The van der Waals surface area contributed by atoms with E-state index in [1.807, 2.05) is 12.3 Å². The first-order valence-corrected chi connectivity index (χ1v) is 13.5. The van der Waals surface area contributed by atoms with Crippen molar-refractivity contribution < 1.29 is 14.3 Å². The van der Waals surface area contributed by atoms with Gasteiger partial charge in [0.05, 0.1) is 18.3 Å². The van der Waals surface area contributed by atoms with Crippen LogP contribution in [-0.2, 0) is 11.3 Å². The Labute approximate surface area is 222 Å². The SMILES string of the molecule is CC(C)c1cnn2c(NCc3ccc(NC(=O)C4CCCNC4)[n+]([O-])c3)nc(OC3CCN(C)CC3)nc12. The van der Waals surface area contributed by atoms with Crippen LogP contribution in [0.25, 0.3) is 5.65 Å². The highest BCUT2D eigenvalue weighted by molar-refractivity contribution is 5.91. The molecule has 38 heavy (non-hydrogen) atoms. The summed E-state index contributed by atoms with van der Waals surface area (Å²) in [7, 11) is 2.11. The normalized spacial score (nSPS) is 19.1. The molecule has 0 saturated carbocycles. The number of nitrogens with one attached hydrogen (secondary N) is 3. The van der Waals surface area contributed by atoms with Crippen molar-refractivity contribution in [2.75, 3.05) is 43.9 Å². The van der Waals surface area contributed by atoms with E-state index in [9.17, 15) is 10.0 Å². The minimum absolute atomic E-state index is 0.0680. The number of nitrogens with zero attached hydrogens (tertiary/aromatic N) is 6. The molecule has 1 atom stereocenters. The Balaban J connectivity index is 1.31. The number of pyridine rings is 1. The molecule has 1 amide bonds. The fourth-order valence-corrected chi connectivity index (χ4v) is 4.91. The van der Waals surface area contributed by atoms with Gasteiger partial charge in [-0.15, -0.1) is 0 Å². The monoisotopic (exact) mass is 523 g/mol. The summed E-state index contributed by atoms with van der Waals surface area (Å²) in [5.74, 6) is 0.687. The third-order valence-corrected chi connectivity index (χ3v) is 7.28. The zero-order valence-corrected chi connectivity index (χ0v) is 22.3. The van der Waals surface area contributed by atoms with Crippen LogP contribution in [0.15, 0.2) is 24.5 Å². The van der Waals surface area contributed by atoms with Crippen molar-refractivity contribution in [1.29, 1.82) is 0 Å². The van der Waals surface area contributed by atoms with Crippen LogP contribution >= 0.6 is 0 Å². The lowest BCUT2D eigenvalue weighted by atomic mass is 9.99. The van der Waals surface area contributed by atoms with Crippen molar-refractivity contribution >= 4 is 23.3 Å². The number of carbonyl (C=O) groups is 1. The lowest BCUT2D eigenvalue weighted by molar-refractivity contribution is -0.590. The van der Waals surface area contributed by atoms with Crippen molar-refractivity contribution in [1.82, 2.24) is 29.8 Å². The number of fused-ring (bicyclic) bond motifs is 1. The molecule has 2 saturated heterocycles. The van der Waals surface area contributed by atoms with Crippen molar-refractivity contribution in [2.45, 2.75) is 58.1 Å². The van der Waals surface area contributed by atoms with Gasteiger partial charge in [-0.25, -0.2) is 14.8 Å². The van der Waals surface area contributed by atoms with Crippen molar-refractivity contribution in [3.8, 4) is 6.01 Å². The highest BCUT2D eigenvalue weighted by Crippen LogP contribution is 2.24. The average Bonchev–Trinajstić information content (AvgIpc) is 3.35. The molecule has 0 spiro atoms. The molecular formula is C26H37N9O3. The number of hydrogen-bond donors (Lipinski definition) is 3. The Hall–Kier alpha value is -3.51. The lowest BCUT2D eigenvalue weighted by Crippen LogP contribution is -2.40. The summed E-state index contributed by atoms with van der Waals surface area (Å²) in [5.41, 5.74) is 2.45. The number of ether oxygens (including phenoxy) is 1. The smallest absolute Gasteiger partial charge is 0.322 e. The van der Waals surface area contributed by atoms with Crippen LogP contribution < -0.4 is 25.4 Å². The molecular weight excluding hydrogens is 486 g/mol. The minimum atomic E-state index is -0.132. The van der Waals surface area contributed by atoms with E-state index in [1.165, 1.54) is 6.20 Å². The van der Waals surface area contributed by atoms with Gasteiger partial charge in [-0.1, -0.05) is 13.8 Å². The number of carbonyl (C=O) groups excluding carboxylic acids is 1. The van der Waals surface area contributed by atoms with Gasteiger partial charge in [0.25, 0.3) is 5.82 Å². The van der Waals surface area contributed by atoms with Crippen LogP contribution in [0.2, 0.25) is 0 Å². The van der Waals surface area contributed by atoms with Gasteiger partial charge < -0.3 is 25.5 Å². The molecule has 204 valence electrons. The number of likely N-dealkylation sites (tertiary alicyclic amines) is 1. The average molecular weight is 524 g/mol. The molecule has 0 bridgehead atoms. The van der Waals surface area contributed by atoms with E-state index < -0.39 is 0 Å². The second-order valence-electron chi connectivity index (χ2n) is 10.6. The number of anilines is 2. The predicted molar refractivity (Wildman–Crippen MR) is 143 cm³/mol. The number of amides is 1. The molecule has 2 aliphatic heterocycles. The van der Waals surface area contributed by atoms with E-state index >= 15 is 0 Å². The van der Waals surface area contributed by atoms with Crippen LogP contribution in [0.4, 0.5) is 11.8 Å². The molecule has 5 heterocycles. The topological polar surface area (TPSA) is 136 Å². The zero-order chi connectivity index (χ0) is 26.6. The number of hydrogen-bond acceptors (Lipinski definition) is 9. The summed E-state index contributed by atoms with van der Waals surface area (Å²) in [6.45, 7) is 8.05. The molecule has 1 unspecified atom stereocenters. The van der Waals surface area contributed by atoms with Gasteiger partial charge in [-0.3, -0.25) is 0 Å². The third kappa shape index (κ3) is 5.97. The van der Waals surface area contributed by atoms with E-state index in [2.05, 4.69) is 51.8 Å². The summed E-state index contributed by atoms with van der Waals surface area (Å²) in [5, 5.41) is 26.4. The van der Waals surface area contributed by atoms with Crippen LogP contribution in [0.5, 0.6) is 6.01 Å². The summed E-state index contributed by atoms with van der Waals surface area (Å²) in [4.78, 5) is 24.1. The number of piperidine rings is 2. The molecule has 2 aliphatic rings. The molecule has 2 fully saturated rings. The Bertz CT molecular complexity index is 1260. The predicted octanol–water partition coefficient (Wildman–Crippen LogP) is 1.90. The fraction of sp³-hybridized carbons (Fsp3) is 0.577. The first-order valence-electron chi connectivity index (χ1n) is 13.5. The van der Waals surface area contributed by atoms with E-state index in [0.29, 0.717) is 35.4 Å². The maximum atomic E-state index is 12.7. The number of rotatable bonds is 8. The highest BCUT2D eigenvalue weighted by atomic mass is 16.5. The molecule has 0 radical (unpaired) electrons. The van der Waals surface area contributed by atoms with E-state index in [-0.39, 0.29) is 29.7 Å². The highest BCUT2D eigenvalue weighted by Gasteiger charge is 2.26. The van der Waals surface area contributed by atoms with E-state index in [4.69, 9.17) is 9.72 Å². The van der Waals surface area contributed by atoms with Gasteiger partial charge in [0.2, 0.25) is 5.95 Å². The molecule has 0 aromatic carbocycles. The molecule has 3 aromatic heterocycles. The van der Waals surface area contributed by atoms with E-state index in [1.54, 1.807) is 10.6 Å². The summed E-state index contributed by atoms with van der Waals surface area (Å²) >= 11 is 0. The van der Waals surface area contributed by atoms with Gasteiger partial charge in [0, 0.05) is 43.4 Å². The number of aromatic nitrogens is 5. The third-order valence-electron chi connectivity index (χ3n) is 7.28. The molecule has 3 aromatic rings. The fourth-order valence-electron chi connectivity index (χ4n) is 4.91. The summed E-state index contributed by atoms with van der Waals surface area (Å²) < 4.78 is 8.57. The Morgan fingerprint density at radius 1 is 1.26 bits per heavy atom. The maximum absolute atomic E-state index is 12.7. The van der Waals surface area contributed by atoms with Crippen molar-refractivity contribution in [3.63, 3.8) is 0 Å². The Morgan fingerprint density at radius 2 is 2.08 bits per heavy atom. The Kier molecular flexibility index (Phi) is 7.89. The Morgan fingerprint density at radius 3 is 2.79 bits per heavy atom. The summed E-state index contributed by atoms with van der Waals surface area (Å²) in [6, 6.07) is 3.77. The van der Waals surface area contributed by atoms with Gasteiger partial charge in [0.15, 0.2) is 5.65 Å². The first kappa shape index (κ1) is 26.1. The second kappa shape index (κ2) is 11.5. The van der Waals surface area contributed by atoms with Crippen LogP contribution in [0.3, 0.4) is 0 Å². The van der Waals surface area contributed by atoms with Crippen LogP contribution in [-0.4, -0.2) is 69.7 Å². The molecule has 5 rings (SSSR count). The van der Waals surface area contributed by atoms with Crippen molar-refractivity contribution in [3.05, 3.63) is 40.9 Å².